The number of amides is 1. The van der Waals surface area contributed by atoms with Crippen molar-refractivity contribution >= 4 is 23.1 Å². The van der Waals surface area contributed by atoms with Crippen LogP contribution in [0.1, 0.15) is 34.3 Å². The predicted molar refractivity (Wildman–Crippen MR) is 118 cm³/mol. The first-order valence-corrected chi connectivity index (χ1v) is 10.1. The van der Waals surface area contributed by atoms with E-state index >= 15 is 0 Å². The van der Waals surface area contributed by atoms with E-state index in [0.717, 1.165) is 24.3 Å². The molecule has 1 aromatic heterocycles. The summed E-state index contributed by atoms with van der Waals surface area (Å²) in [6.07, 6.45) is 4.15. The second kappa shape index (κ2) is 8.78. The van der Waals surface area contributed by atoms with E-state index < -0.39 is 0 Å². The van der Waals surface area contributed by atoms with Crippen molar-refractivity contribution in [2.75, 3.05) is 23.3 Å². The predicted octanol–water partition coefficient (Wildman–Crippen LogP) is 4.66. The molecular formula is C24H26N4O. The quantitative estimate of drug-likeness (QED) is 0.647. The van der Waals surface area contributed by atoms with E-state index in [2.05, 4.69) is 44.8 Å². The Morgan fingerprint density at radius 2 is 1.69 bits per heavy atom. The summed E-state index contributed by atoms with van der Waals surface area (Å²) in [7, 11) is 0. The van der Waals surface area contributed by atoms with Crippen molar-refractivity contribution in [2.45, 2.75) is 26.3 Å². The summed E-state index contributed by atoms with van der Waals surface area (Å²) in [5, 5.41) is 6.22. The molecule has 2 aromatic carbocycles. The molecular weight excluding hydrogens is 360 g/mol. The van der Waals surface area contributed by atoms with Crippen LogP contribution in [-0.4, -0.2) is 24.0 Å². The molecule has 0 aliphatic carbocycles. The van der Waals surface area contributed by atoms with E-state index in [1.54, 1.807) is 12.3 Å². The zero-order valence-electron chi connectivity index (χ0n) is 16.7. The molecule has 0 bridgehead atoms. The molecule has 0 saturated carbocycles. The van der Waals surface area contributed by atoms with Gasteiger partial charge in [0, 0.05) is 37.2 Å². The summed E-state index contributed by atoms with van der Waals surface area (Å²) in [5.74, 6) is 0.591. The summed E-state index contributed by atoms with van der Waals surface area (Å²) in [4.78, 5) is 19.1. The van der Waals surface area contributed by atoms with Gasteiger partial charge < -0.3 is 15.5 Å². The van der Waals surface area contributed by atoms with Gasteiger partial charge >= 0.3 is 0 Å². The minimum Gasteiger partial charge on any atom is -0.372 e. The maximum absolute atomic E-state index is 12.3. The first-order chi connectivity index (χ1) is 14.2. The molecule has 5 heteroatoms. The Bertz CT molecular complexity index is 944. The number of hydrogen-bond acceptors (Lipinski definition) is 4. The number of benzene rings is 2. The molecule has 148 valence electrons. The van der Waals surface area contributed by atoms with Gasteiger partial charge in [-0.3, -0.25) is 4.79 Å². The number of aryl methyl sites for hydroxylation is 1. The normalized spacial score (nSPS) is 13.3. The lowest BCUT2D eigenvalue weighted by Gasteiger charge is -2.17. The third kappa shape index (κ3) is 4.93. The van der Waals surface area contributed by atoms with Crippen LogP contribution < -0.4 is 15.5 Å². The van der Waals surface area contributed by atoms with Gasteiger partial charge in [0.1, 0.15) is 5.82 Å². The Morgan fingerprint density at radius 1 is 0.966 bits per heavy atom. The Balaban J connectivity index is 1.32. The molecule has 1 fully saturated rings. The number of rotatable bonds is 6. The zero-order chi connectivity index (χ0) is 20.1. The van der Waals surface area contributed by atoms with Crippen LogP contribution in [0.3, 0.4) is 0 Å². The third-order valence-electron chi connectivity index (χ3n) is 5.21. The van der Waals surface area contributed by atoms with E-state index in [4.69, 9.17) is 0 Å². The van der Waals surface area contributed by atoms with E-state index in [1.807, 2.05) is 37.3 Å². The van der Waals surface area contributed by atoms with Crippen molar-refractivity contribution in [3.05, 3.63) is 83.6 Å². The Hall–Kier alpha value is -3.34. The molecule has 1 saturated heterocycles. The summed E-state index contributed by atoms with van der Waals surface area (Å²) in [5.41, 5.74) is 5.08. The number of nitrogens with zero attached hydrogens (tertiary/aromatic N) is 2. The minimum absolute atomic E-state index is 0.125. The first-order valence-electron chi connectivity index (χ1n) is 10.1. The van der Waals surface area contributed by atoms with Crippen molar-refractivity contribution in [2.24, 2.45) is 0 Å². The SMILES string of the molecule is Cc1ccc(CNC(=O)c2ccc(Nc3ccc(N4CCCC4)cc3)nc2)cc1. The Kier molecular flexibility index (Phi) is 5.75. The Labute approximate surface area is 171 Å². The molecule has 5 nitrogen and oxygen atoms in total. The Morgan fingerprint density at radius 3 is 2.34 bits per heavy atom. The highest BCUT2D eigenvalue weighted by Crippen LogP contribution is 2.23. The second-order valence-corrected chi connectivity index (χ2v) is 7.47. The highest BCUT2D eigenvalue weighted by molar-refractivity contribution is 5.94. The van der Waals surface area contributed by atoms with Crippen LogP contribution in [0.2, 0.25) is 0 Å². The maximum Gasteiger partial charge on any atom is 0.253 e. The topological polar surface area (TPSA) is 57.3 Å². The van der Waals surface area contributed by atoms with Gasteiger partial charge in [0.15, 0.2) is 0 Å². The van der Waals surface area contributed by atoms with Crippen LogP contribution in [-0.2, 0) is 6.54 Å². The average molecular weight is 386 g/mol. The fourth-order valence-electron chi connectivity index (χ4n) is 3.47. The van der Waals surface area contributed by atoms with Crippen molar-refractivity contribution in [1.82, 2.24) is 10.3 Å². The lowest BCUT2D eigenvalue weighted by Crippen LogP contribution is -2.22. The molecule has 0 atom stereocenters. The van der Waals surface area contributed by atoms with Gasteiger partial charge in [0.25, 0.3) is 5.91 Å². The van der Waals surface area contributed by atoms with Gasteiger partial charge in [-0.05, 0) is 61.7 Å². The van der Waals surface area contributed by atoms with Crippen molar-refractivity contribution in [3.63, 3.8) is 0 Å². The van der Waals surface area contributed by atoms with E-state index in [9.17, 15) is 4.79 Å². The standard InChI is InChI=1S/C24H26N4O/c1-18-4-6-19(7-5-18)16-26-24(29)20-8-13-23(25-17-20)27-21-9-11-22(12-10-21)28-14-2-3-15-28/h4-13,17H,2-3,14-16H2,1H3,(H,25,27)(H,26,29). The molecule has 2 N–H and O–H groups in total. The summed E-state index contributed by atoms with van der Waals surface area (Å²) < 4.78 is 0. The monoisotopic (exact) mass is 386 g/mol. The molecule has 1 amide bonds. The van der Waals surface area contributed by atoms with Gasteiger partial charge in [-0.2, -0.15) is 0 Å². The van der Waals surface area contributed by atoms with Crippen LogP contribution in [0.25, 0.3) is 0 Å². The summed E-state index contributed by atoms with van der Waals surface area (Å²) >= 11 is 0. The number of hydrogen-bond donors (Lipinski definition) is 2. The van der Waals surface area contributed by atoms with Gasteiger partial charge in [0.05, 0.1) is 5.56 Å². The van der Waals surface area contributed by atoms with Crippen molar-refractivity contribution in [1.29, 1.82) is 0 Å². The number of pyridine rings is 1. The number of carbonyl (C=O) groups excluding carboxylic acids is 1. The minimum atomic E-state index is -0.125. The molecule has 0 radical (unpaired) electrons. The highest BCUT2D eigenvalue weighted by atomic mass is 16.1. The van der Waals surface area contributed by atoms with Crippen LogP contribution in [0.4, 0.5) is 17.2 Å². The average Bonchev–Trinajstić information content (AvgIpc) is 3.29. The number of aromatic nitrogens is 1. The van der Waals surface area contributed by atoms with Crippen LogP contribution >= 0.6 is 0 Å². The number of carbonyl (C=O) groups is 1. The van der Waals surface area contributed by atoms with Gasteiger partial charge in [-0.15, -0.1) is 0 Å². The fourth-order valence-corrected chi connectivity index (χ4v) is 3.47. The van der Waals surface area contributed by atoms with Gasteiger partial charge in [0.2, 0.25) is 0 Å². The molecule has 0 unspecified atom stereocenters. The van der Waals surface area contributed by atoms with Gasteiger partial charge in [-0.25, -0.2) is 4.98 Å². The highest BCUT2D eigenvalue weighted by Gasteiger charge is 2.12. The van der Waals surface area contributed by atoms with E-state index in [-0.39, 0.29) is 5.91 Å². The van der Waals surface area contributed by atoms with Crippen molar-refractivity contribution in [3.8, 4) is 0 Å². The van der Waals surface area contributed by atoms with Crippen molar-refractivity contribution < 1.29 is 4.79 Å². The molecule has 1 aliphatic rings. The largest absolute Gasteiger partial charge is 0.372 e. The number of anilines is 3. The lowest BCUT2D eigenvalue weighted by atomic mass is 10.1. The molecule has 4 rings (SSSR count). The zero-order valence-corrected chi connectivity index (χ0v) is 16.7. The summed E-state index contributed by atoms with van der Waals surface area (Å²) in [6.45, 7) is 4.83. The lowest BCUT2D eigenvalue weighted by molar-refractivity contribution is 0.0950. The van der Waals surface area contributed by atoms with Crippen LogP contribution in [0, 0.1) is 6.92 Å². The molecule has 1 aliphatic heterocycles. The second-order valence-electron chi connectivity index (χ2n) is 7.47. The first kappa shape index (κ1) is 19.0. The van der Waals surface area contributed by atoms with Crippen LogP contribution in [0.15, 0.2) is 66.9 Å². The number of nitrogens with one attached hydrogen (secondary N) is 2. The maximum atomic E-state index is 12.3. The molecule has 0 spiro atoms. The fraction of sp³-hybridized carbons (Fsp3) is 0.250. The van der Waals surface area contributed by atoms with Gasteiger partial charge in [-0.1, -0.05) is 29.8 Å². The molecule has 3 aromatic rings. The third-order valence-corrected chi connectivity index (χ3v) is 5.21. The molecule has 29 heavy (non-hydrogen) atoms. The van der Waals surface area contributed by atoms with E-state index in [1.165, 1.54) is 24.1 Å². The van der Waals surface area contributed by atoms with Crippen LogP contribution in [0.5, 0.6) is 0 Å². The smallest absolute Gasteiger partial charge is 0.253 e. The summed E-state index contributed by atoms with van der Waals surface area (Å²) in [6, 6.07) is 20.2. The molecule has 2 heterocycles. The van der Waals surface area contributed by atoms with E-state index in [0.29, 0.717) is 17.9 Å².